The zero-order valence-corrected chi connectivity index (χ0v) is 14.0. The number of aliphatic hydroxyl groups is 1. The van der Waals surface area contributed by atoms with Gasteiger partial charge in [-0.1, -0.05) is 28.8 Å². The average Bonchev–Trinajstić information content (AvgIpc) is 2.45. The molecule has 2 atom stereocenters. The molecule has 0 bridgehead atoms. The highest BCUT2D eigenvalue weighted by molar-refractivity contribution is 9.10. The van der Waals surface area contributed by atoms with E-state index in [0.717, 1.165) is 31.7 Å². The van der Waals surface area contributed by atoms with Gasteiger partial charge in [-0.05, 0) is 42.9 Å². The van der Waals surface area contributed by atoms with Gasteiger partial charge >= 0.3 is 0 Å². The molecule has 118 valence electrons. The molecule has 0 saturated heterocycles. The third-order valence-corrected chi connectivity index (χ3v) is 5.97. The van der Waals surface area contributed by atoms with Crippen molar-refractivity contribution in [3.63, 3.8) is 0 Å². The number of aliphatic hydroxyl groups excluding tert-OH is 1. The van der Waals surface area contributed by atoms with Crippen LogP contribution < -0.4 is 4.72 Å². The summed E-state index contributed by atoms with van der Waals surface area (Å²) in [6.07, 6.45) is 3.90. The van der Waals surface area contributed by atoms with E-state index in [1.807, 2.05) is 0 Å². The lowest BCUT2D eigenvalue weighted by Crippen LogP contribution is -2.35. The van der Waals surface area contributed by atoms with Gasteiger partial charge in [-0.25, -0.2) is 17.5 Å². The van der Waals surface area contributed by atoms with Crippen molar-refractivity contribution < 1.29 is 17.9 Å². The Morgan fingerprint density at radius 1 is 1.29 bits per heavy atom. The van der Waals surface area contributed by atoms with Gasteiger partial charge in [0.05, 0.1) is 0 Å². The predicted octanol–water partition coefficient (Wildman–Crippen LogP) is 2.67. The van der Waals surface area contributed by atoms with Crippen molar-refractivity contribution in [3.8, 4) is 0 Å². The quantitative estimate of drug-likeness (QED) is 0.826. The molecule has 0 spiro atoms. The fraction of sp³-hybridized carbons (Fsp3) is 0.571. The second-order valence-electron chi connectivity index (χ2n) is 5.41. The Hall–Kier alpha value is -0.500. The number of hydrogen-bond acceptors (Lipinski definition) is 3. The van der Waals surface area contributed by atoms with Gasteiger partial charge in [0.2, 0.25) is 10.0 Å². The third kappa shape index (κ3) is 4.25. The first-order valence-corrected chi connectivity index (χ1v) is 9.27. The number of sulfonamides is 1. The second-order valence-corrected chi connectivity index (χ2v) is 8.06. The van der Waals surface area contributed by atoms with Crippen molar-refractivity contribution in [2.24, 2.45) is 11.8 Å². The standard InChI is InChI=1S/C14H19BrFNO3S/c15-12-5-6-14(13(16)7-12)21(19,20)17-8-10-3-1-2-4-11(10)9-18/h5-7,10-11,17-18H,1-4,8-9H2. The minimum absolute atomic E-state index is 0.0685. The molecule has 2 rings (SSSR count). The monoisotopic (exact) mass is 379 g/mol. The zero-order chi connectivity index (χ0) is 15.5. The summed E-state index contributed by atoms with van der Waals surface area (Å²) in [6, 6.07) is 3.87. The molecule has 2 N–H and O–H groups in total. The van der Waals surface area contributed by atoms with Crippen molar-refractivity contribution in [2.45, 2.75) is 30.6 Å². The predicted molar refractivity (Wildman–Crippen MR) is 81.8 cm³/mol. The molecule has 1 aromatic rings. The Bertz CT molecular complexity index is 594. The number of hydrogen-bond donors (Lipinski definition) is 2. The van der Waals surface area contributed by atoms with E-state index in [4.69, 9.17) is 0 Å². The summed E-state index contributed by atoms with van der Waals surface area (Å²) in [5, 5.41) is 9.34. The smallest absolute Gasteiger partial charge is 0.243 e. The Morgan fingerprint density at radius 2 is 1.95 bits per heavy atom. The topological polar surface area (TPSA) is 66.4 Å². The number of nitrogens with one attached hydrogen (secondary N) is 1. The van der Waals surface area contributed by atoms with Crippen molar-refractivity contribution in [2.75, 3.05) is 13.2 Å². The van der Waals surface area contributed by atoms with E-state index in [9.17, 15) is 17.9 Å². The molecular formula is C14H19BrFNO3S. The summed E-state index contributed by atoms with van der Waals surface area (Å²) in [5.74, 6) is -0.549. The molecule has 1 fully saturated rings. The number of rotatable bonds is 5. The molecule has 1 aliphatic carbocycles. The fourth-order valence-electron chi connectivity index (χ4n) is 2.78. The summed E-state index contributed by atoms with van der Waals surface area (Å²) in [5.41, 5.74) is 0. The summed E-state index contributed by atoms with van der Waals surface area (Å²) in [4.78, 5) is -0.345. The van der Waals surface area contributed by atoms with Gasteiger partial charge in [0.15, 0.2) is 0 Å². The molecule has 21 heavy (non-hydrogen) atoms. The number of halogens is 2. The average molecular weight is 380 g/mol. The van der Waals surface area contributed by atoms with E-state index in [2.05, 4.69) is 20.7 Å². The van der Waals surface area contributed by atoms with Gasteiger partial charge in [0.1, 0.15) is 10.7 Å². The van der Waals surface area contributed by atoms with Crippen LogP contribution in [0.3, 0.4) is 0 Å². The Balaban J connectivity index is 2.07. The van der Waals surface area contributed by atoms with Crippen LogP contribution in [0, 0.1) is 17.7 Å². The van der Waals surface area contributed by atoms with Gasteiger partial charge in [-0.15, -0.1) is 0 Å². The first kappa shape index (κ1) is 16.9. The molecule has 1 aromatic carbocycles. The summed E-state index contributed by atoms with van der Waals surface area (Å²) >= 11 is 3.10. The molecule has 2 unspecified atom stereocenters. The largest absolute Gasteiger partial charge is 0.396 e. The third-order valence-electron chi connectivity index (χ3n) is 4.02. The summed E-state index contributed by atoms with van der Waals surface area (Å²) in [6.45, 7) is 0.308. The highest BCUT2D eigenvalue weighted by Gasteiger charge is 2.27. The molecule has 0 heterocycles. The molecule has 1 saturated carbocycles. The number of benzene rings is 1. The minimum atomic E-state index is -3.87. The lowest BCUT2D eigenvalue weighted by Gasteiger charge is -2.30. The van der Waals surface area contributed by atoms with Crippen LogP contribution in [0.1, 0.15) is 25.7 Å². The van der Waals surface area contributed by atoms with Crippen molar-refractivity contribution in [1.82, 2.24) is 4.72 Å². The molecule has 0 aliphatic heterocycles. The first-order valence-electron chi connectivity index (χ1n) is 6.99. The van der Waals surface area contributed by atoms with Crippen molar-refractivity contribution in [1.29, 1.82) is 0 Å². The Kier molecular flexibility index (Phi) is 5.76. The molecule has 0 aromatic heterocycles. The normalized spacial score (nSPS) is 23.2. The zero-order valence-electron chi connectivity index (χ0n) is 11.6. The van der Waals surface area contributed by atoms with E-state index in [1.54, 1.807) is 0 Å². The van der Waals surface area contributed by atoms with E-state index >= 15 is 0 Å². The van der Waals surface area contributed by atoms with Gasteiger partial charge in [-0.2, -0.15) is 0 Å². The van der Waals surface area contributed by atoms with Crippen LogP contribution in [0.2, 0.25) is 0 Å². The maximum atomic E-state index is 13.8. The van der Waals surface area contributed by atoms with Gasteiger partial charge in [0, 0.05) is 17.6 Å². The van der Waals surface area contributed by atoms with Crippen LogP contribution in [-0.4, -0.2) is 26.7 Å². The second kappa shape index (κ2) is 7.17. The fourth-order valence-corrected chi connectivity index (χ4v) is 4.27. The minimum Gasteiger partial charge on any atom is -0.396 e. The molecule has 1 aliphatic rings. The van der Waals surface area contributed by atoms with Crippen LogP contribution in [0.5, 0.6) is 0 Å². The molecule has 0 amide bonds. The lowest BCUT2D eigenvalue weighted by atomic mass is 9.80. The summed E-state index contributed by atoms with van der Waals surface area (Å²) in [7, 11) is -3.87. The molecule has 4 nitrogen and oxygen atoms in total. The Labute approximate surface area is 132 Å². The first-order chi connectivity index (χ1) is 9.94. The molecule has 0 radical (unpaired) electrons. The van der Waals surface area contributed by atoms with E-state index in [1.165, 1.54) is 12.1 Å². The van der Waals surface area contributed by atoms with Crippen LogP contribution in [0.25, 0.3) is 0 Å². The summed E-state index contributed by atoms with van der Waals surface area (Å²) < 4.78 is 41.1. The van der Waals surface area contributed by atoms with Crippen LogP contribution in [0.15, 0.2) is 27.6 Å². The SMILES string of the molecule is O=S(=O)(NCC1CCCCC1CO)c1ccc(Br)cc1F. The van der Waals surface area contributed by atoms with E-state index < -0.39 is 15.8 Å². The maximum absolute atomic E-state index is 13.8. The van der Waals surface area contributed by atoms with Crippen LogP contribution >= 0.6 is 15.9 Å². The highest BCUT2D eigenvalue weighted by Crippen LogP contribution is 2.29. The van der Waals surface area contributed by atoms with Gasteiger partial charge in [0.25, 0.3) is 0 Å². The maximum Gasteiger partial charge on any atom is 0.243 e. The van der Waals surface area contributed by atoms with E-state index in [-0.39, 0.29) is 29.9 Å². The Morgan fingerprint density at radius 3 is 2.57 bits per heavy atom. The van der Waals surface area contributed by atoms with Crippen LogP contribution in [-0.2, 0) is 10.0 Å². The molecule has 7 heteroatoms. The highest BCUT2D eigenvalue weighted by atomic mass is 79.9. The molecular weight excluding hydrogens is 361 g/mol. The lowest BCUT2D eigenvalue weighted by molar-refractivity contribution is 0.136. The van der Waals surface area contributed by atoms with Gasteiger partial charge < -0.3 is 5.11 Å². The van der Waals surface area contributed by atoms with Crippen LogP contribution in [0.4, 0.5) is 4.39 Å². The van der Waals surface area contributed by atoms with E-state index in [0.29, 0.717) is 4.47 Å². The van der Waals surface area contributed by atoms with Crippen molar-refractivity contribution in [3.05, 3.63) is 28.5 Å². The van der Waals surface area contributed by atoms with Gasteiger partial charge in [-0.3, -0.25) is 0 Å². The van der Waals surface area contributed by atoms with Crippen molar-refractivity contribution >= 4 is 26.0 Å².